The number of carbonyl (C=O) groups is 2. The lowest BCUT2D eigenvalue weighted by Crippen LogP contribution is -2.41. The summed E-state index contributed by atoms with van der Waals surface area (Å²) in [6, 6.07) is 15.0. The number of nitrogens with one attached hydrogen (secondary N) is 3. The highest BCUT2D eigenvalue weighted by atomic mass is 16.5. The number of aryl methyl sites for hydroxylation is 1. The van der Waals surface area contributed by atoms with Crippen LogP contribution in [0, 0.1) is 0 Å². The predicted octanol–water partition coefficient (Wildman–Crippen LogP) is 4.21. The van der Waals surface area contributed by atoms with Crippen molar-refractivity contribution in [3.05, 3.63) is 77.0 Å². The van der Waals surface area contributed by atoms with Crippen LogP contribution >= 0.6 is 0 Å². The standard InChI is InChI=1S/C28H34N4O3/c1-3-29-28(34)30-15-17-32(16-14-22-19-31-25-7-5-4-6-23(22)25)26-12-10-21-18-20(8-11-24(21)26)9-13-27(33)35-2/h4-9,11,13,18-19,26,31H,3,10,12,14-17H2,1-2H3,(H2,29,30,34)/b13-9+. The summed E-state index contributed by atoms with van der Waals surface area (Å²) < 4.78 is 4.70. The van der Waals surface area contributed by atoms with Crippen molar-refractivity contribution in [2.45, 2.75) is 32.2 Å². The number of ether oxygens (including phenoxy) is 1. The zero-order valence-corrected chi connectivity index (χ0v) is 20.5. The monoisotopic (exact) mass is 474 g/mol. The number of benzene rings is 2. The Morgan fingerprint density at radius 1 is 1.17 bits per heavy atom. The van der Waals surface area contributed by atoms with Crippen molar-refractivity contribution in [2.24, 2.45) is 0 Å². The van der Waals surface area contributed by atoms with Gasteiger partial charge in [-0.2, -0.15) is 0 Å². The summed E-state index contributed by atoms with van der Waals surface area (Å²) in [5.41, 5.74) is 6.11. The van der Waals surface area contributed by atoms with Gasteiger partial charge in [0.05, 0.1) is 7.11 Å². The first kappa shape index (κ1) is 24.5. The van der Waals surface area contributed by atoms with E-state index in [4.69, 9.17) is 4.74 Å². The van der Waals surface area contributed by atoms with E-state index in [9.17, 15) is 9.59 Å². The van der Waals surface area contributed by atoms with Crippen molar-refractivity contribution < 1.29 is 14.3 Å². The number of rotatable bonds is 10. The number of para-hydroxylation sites is 1. The topological polar surface area (TPSA) is 86.5 Å². The van der Waals surface area contributed by atoms with Crippen LogP contribution in [0.4, 0.5) is 4.79 Å². The quantitative estimate of drug-likeness (QED) is 0.304. The first-order valence-electron chi connectivity index (χ1n) is 12.3. The lowest BCUT2D eigenvalue weighted by Gasteiger charge is -2.30. The maximum Gasteiger partial charge on any atom is 0.330 e. The van der Waals surface area contributed by atoms with E-state index in [2.05, 4.69) is 63.1 Å². The molecule has 35 heavy (non-hydrogen) atoms. The van der Waals surface area contributed by atoms with Gasteiger partial charge in [0, 0.05) is 55.4 Å². The maximum absolute atomic E-state index is 11.9. The maximum atomic E-state index is 11.9. The van der Waals surface area contributed by atoms with Gasteiger partial charge in [0.25, 0.3) is 0 Å². The van der Waals surface area contributed by atoms with Crippen molar-refractivity contribution in [3.63, 3.8) is 0 Å². The fraction of sp³-hybridized carbons (Fsp3) is 0.357. The van der Waals surface area contributed by atoms with E-state index >= 15 is 0 Å². The van der Waals surface area contributed by atoms with Gasteiger partial charge in [-0.25, -0.2) is 9.59 Å². The third kappa shape index (κ3) is 6.11. The van der Waals surface area contributed by atoms with E-state index in [1.807, 2.05) is 13.0 Å². The first-order chi connectivity index (χ1) is 17.1. The van der Waals surface area contributed by atoms with Crippen LogP contribution in [0.1, 0.15) is 41.6 Å². The molecule has 0 aliphatic heterocycles. The smallest absolute Gasteiger partial charge is 0.330 e. The Morgan fingerprint density at radius 2 is 2.03 bits per heavy atom. The molecule has 0 bridgehead atoms. The Hall–Kier alpha value is -3.58. The minimum Gasteiger partial charge on any atom is -0.466 e. The number of nitrogens with zero attached hydrogens (tertiary/aromatic N) is 1. The van der Waals surface area contributed by atoms with Crippen LogP contribution in [0.15, 0.2) is 54.7 Å². The van der Waals surface area contributed by atoms with Crippen molar-refractivity contribution >= 4 is 29.0 Å². The van der Waals surface area contributed by atoms with Gasteiger partial charge in [-0.15, -0.1) is 0 Å². The summed E-state index contributed by atoms with van der Waals surface area (Å²) in [5.74, 6) is -0.355. The summed E-state index contributed by atoms with van der Waals surface area (Å²) in [5, 5.41) is 7.04. The molecule has 3 aromatic rings. The van der Waals surface area contributed by atoms with Crippen molar-refractivity contribution in [3.8, 4) is 0 Å². The number of carbonyl (C=O) groups excluding carboxylic acids is 2. The molecule has 184 valence electrons. The van der Waals surface area contributed by atoms with Crippen LogP contribution in [-0.4, -0.2) is 55.2 Å². The number of aromatic nitrogens is 1. The largest absolute Gasteiger partial charge is 0.466 e. The van der Waals surface area contributed by atoms with E-state index in [1.165, 1.54) is 35.3 Å². The second-order valence-electron chi connectivity index (χ2n) is 8.80. The van der Waals surface area contributed by atoms with Gasteiger partial charge in [0.1, 0.15) is 0 Å². The van der Waals surface area contributed by atoms with Gasteiger partial charge in [-0.1, -0.05) is 36.4 Å². The lowest BCUT2D eigenvalue weighted by molar-refractivity contribution is -0.134. The number of fused-ring (bicyclic) bond motifs is 2. The van der Waals surface area contributed by atoms with Crippen molar-refractivity contribution in [1.29, 1.82) is 0 Å². The molecule has 2 aromatic carbocycles. The summed E-state index contributed by atoms with van der Waals surface area (Å²) in [6.07, 6.45) is 8.32. The minimum absolute atomic E-state index is 0.127. The summed E-state index contributed by atoms with van der Waals surface area (Å²) in [4.78, 5) is 29.2. The average molecular weight is 475 g/mol. The van der Waals surface area contributed by atoms with Crippen LogP contribution in [0.5, 0.6) is 0 Å². The molecule has 7 nitrogen and oxygen atoms in total. The molecule has 1 atom stereocenters. The Bertz CT molecular complexity index is 1200. The second kappa shape index (κ2) is 11.7. The molecule has 0 radical (unpaired) electrons. The number of amides is 2. The highest BCUT2D eigenvalue weighted by molar-refractivity contribution is 5.87. The third-order valence-electron chi connectivity index (χ3n) is 6.63. The van der Waals surface area contributed by atoms with E-state index < -0.39 is 0 Å². The lowest BCUT2D eigenvalue weighted by atomic mass is 10.0. The van der Waals surface area contributed by atoms with Gasteiger partial charge in [-0.3, -0.25) is 4.90 Å². The number of H-pyrrole nitrogens is 1. The molecule has 0 fully saturated rings. The number of hydrogen-bond donors (Lipinski definition) is 3. The van der Waals surface area contributed by atoms with E-state index in [0.29, 0.717) is 19.1 Å². The molecule has 4 rings (SSSR count). The molecule has 1 heterocycles. The summed E-state index contributed by atoms with van der Waals surface area (Å²) >= 11 is 0. The number of hydrogen-bond acceptors (Lipinski definition) is 4. The number of urea groups is 1. The Labute approximate surface area is 206 Å². The highest BCUT2D eigenvalue weighted by Crippen LogP contribution is 2.36. The molecule has 1 aromatic heterocycles. The van der Waals surface area contributed by atoms with Crippen molar-refractivity contribution in [1.82, 2.24) is 20.5 Å². The molecule has 0 saturated heterocycles. The fourth-order valence-corrected chi connectivity index (χ4v) is 4.89. The molecule has 3 N–H and O–H groups in total. The van der Waals surface area contributed by atoms with E-state index in [-0.39, 0.29) is 12.0 Å². The van der Waals surface area contributed by atoms with Crippen molar-refractivity contribution in [2.75, 3.05) is 33.3 Å². The van der Waals surface area contributed by atoms with E-state index in [1.54, 1.807) is 6.08 Å². The molecule has 7 heteroatoms. The van der Waals surface area contributed by atoms with E-state index in [0.717, 1.165) is 43.4 Å². The van der Waals surface area contributed by atoms with Crippen LogP contribution in [0.25, 0.3) is 17.0 Å². The fourth-order valence-electron chi connectivity index (χ4n) is 4.89. The third-order valence-corrected chi connectivity index (χ3v) is 6.63. The molecule has 0 saturated carbocycles. The van der Waals surface area contributed by atoms with Gasteiger partial charge in [0.2, 0.25) is 0 Å². The van der Waals surface area contributed by atoms with Crippen LogP contribution < -0.4 is 10.6 Å². The normalized spacial score (nSPS) is 15.0. The zero-order chi connectivity index (χ0) is 24.6. The van der Waals surface area contributed by atoms with Gasteiger partial charge < -0.3 is 20.4 Å². The Kier molecular flexibility index (Phi) is 8.21. The zero-order valence-electron chi connectivity index (χ0n) is 20.5. The van der Waals surface area contributed by atoms with Gasteiger partial charge >= 0.3 is 12.0 Å². The van der Waals surface area contributed by atoms with Gasteiger partial charge in [-0.05, 0) is 60.6 Å². The Balaban J connectivity index is 1.49. The SMILES string of the molecule is CCNC(=O)NCCN(CCc1c[nH]c2ccccc12)C1CCc2cc(/C=C/C(=O)OC)ccc21. The Morgan fingerprint density at radius 3 is 2.86 bits per heavy atom. The minimum atomic E-state index is -0.355. The van der Waals surface area contributed by atoms with Crippen LogP contribution in [-0.2, 0) is 22.4 Å². The average Bonchev–Trinajstić information content (AvgIpc) is 3.48. The molecule has 1 aliphatic carbocycles. The predicted molar refractivity (Wildman–Crippen MR) is 139 cm³/mol. The van der Waals surface area contributed by atoms with Gasteiger partial charge in [0.15, 0.2) is 0 Å². The molecule has 1 aliphatic rings. The molecule has 2 amide bonds. The molecule has 0 spiro atoms. The molecular weight excluding hydrogens is 440 g/mol. The van der Waals surface area contributed by atoms with Crippen LogP contribution in [0.2, 0.25) is 0 Å². The van der Waals surface area contributed by atoms with Crippen LogP contribution in [0.3, 0.4) is 0 Å². The first-order valence-corrected chi connectivity index (χ1v) is 12.3. The highest BCUT2D eigenvalue weighted by Gasteiger charge is 2.28. The summed E-state index contributed by atoms with van der Waals surface area (Å²) in [7, 11) is 1.38. The number of aromatic amines is 1. The summed E-state index contributed by atoms with van der Waals surface area (Å²) in [6.45, 7) is 4.78. The second-order valence-corrected chi connectivity index (χ2v) is 8.80. The molecular formula is C28H34N4O3. The molecule has 1 unspecified atom stereocenters. The number of esters is 1. The number of methoxy groups -OCH3 is 1.